The van der Waals surface area contributed by atoms with E-state index in [2.05, 4.69) is 10.3 Å². The second kappa shape index (κ2) is 6.14. The van der Waals surface area contributed by atoms with Gasteiger partial charge in [0.05, 0.1) is 0 Å². The number of aryl methyl sites for hydroxylation is 1. The summed E-state index contributed by atoms with van der Waals surface area (Å²) < 4.78 is 13.2. The Morgan fingerprint density at radius 1 is 1.30 bits per heavy atom. The molecule has 0 unspecified atom stereocenters. The first-order chi connectivity index (χ1) is 9.56. The summed E-state index contributed by atoms with van der Waals surface area (Å²) in [6.45, 7) is 2.28. The minimum atomic E-state index is -0.373. The Hall–Kier alpha value is -2.43. The number of carbonyl (C=O) groups excluding carboxylic acids is 1. The predicted molar refractivity (Wildman–Crippen MR) is 75.9 cm³/mol. The van der Waals surface area contributed by atoms with E-state index in [0.29, 0.717) is 12.2 Å². The van der Waals surface area contributed by atoms with Gasteiger partial charge in [-0.25, -0.2) is 9.18 Å². The van der Waals surface area contributed by atoms with Gasteiger partial charge >= 0.3 is 6.03 Å². The third-order valence-electron chi connectivity index (χ3n) is 2.96. The van der Waals surface area contributed by atoms with Crippen LogP contribution in [0, 0.1) is 12.7 Å². The van der Waals surface area contributed by atoms with Crippen molar-refractivity contribution in [1.82, 2.24) is 9.88 Å². The maximum atomic E-state index is 13.2. The summed E-state index contributed by atoms with van der Waals surface area (Å²) in [6.07, 6.45) is 3.36. The van der Waals surface area contributed by atoms with Crippen LogP contribution in [0.2, 0.25) is 0 Å². The molecule has 0 aliphatic rings. The van der Waals surface area contributed by atoms with Crippen LogP contribution in [0.1, 0.15) is 11.1 Å². The van der Waals surface area contributed by atoms with Crippen LogP contribution >= 0.6 is 0 Å². The molecule has 2 aromatic rings. The molecule has 0 saturated heterocycles. The third kappa shape index (κ3) is 3.54. The average molecular weight is 273 g/mol. The summed E-state index contributed by atoms with van der Waals surface area (Å²) in [5.41, 5.74) is 2.28. The number of pyridine rings is 1. The second-order valence-corrected chi connectivity index (χ2v) is 4.60. The molecular formula is C15H16FN3O. The standard InChI is InChI=1S/C15H16FN3O/c1-11-3-4-13(16)9-14(11)18-15(20)19(2)10-12-5-7-17-8-6-12/h3-9H,10H2,1-2H3,(H,18,20). The van der Waals surface area contributed by atoms with Crippen LogP contribution in [0.5, 0.6) is 0 Å². The molecule has 0 atom stereocenters. The summed E-state index contributed by atoms with van der Waals surface area (Å²) >= 11 is 0. The lowest BCUT2D eigenvalue weighted by atomic mass is 10.2. The molecule has 2 amide bonds. The molecule has 0 bridgehead atoms. The van der Waals surface area contributed by atoms with Gasteiger partial charge in [0.25, 0.3) is 0 Å². The molecule has 0 saturated carbocycles. The fourth-order valence-electron chi connectivity index (χ4n) is 1.77. The van der Waals surface area contributed by atoms with Gasteiger partial charge in [0, 0.05) is 31.7 Å². The van der Waals surface area contributed by atoms with E-state index < -0.39 is 0 Å². The van der Waals surface area contributed by atoms with E-state index in [-0.39, 0.29) is 11.8 Å². The van der Waals surface area contributed by atoms with Crippen molar-refractivity contribution in [3.05, 3.63) is 59.7 Å². The number of nitrogens with zero attached hydrogens (tertiary/aromatic N) is 2. The monoisotopic (exact) mass is 273 g/mol. The molecule has 5 heteroatoms. The van der Waals surface area contributed by atoms with Crippen LogP contribution in [-0.4, -0.2) is 23.0 Å². The van der Waals surface area contributed by atoms with Crippen molar-refractivity contribution < 1.29 is 9.18 Å². The average Bonchev–Trinajstić information content (AvgIpc) is 2.44. The van der Waals surface area contributed by atoms with Gasteiger partial charge in [-0.15, -0.1) is 0 Å². The number of carbonyl (C=O) groups is 1. The molecule has 104 valence electrons. The number of amides is 2. The summed E-state index contributed by atoms with van der Waals surface area (Å²) in [7, 11) is 1.68. The van der Waals surface area contributed by atoms with Gasteiger partial charge in [0.1, 0.15) is 5.82 Å². The van der Waals surface area contributed by atoms with E-state index >= 15 is 0 Å². The lowest BCUT2D eigenvalue weighted by Gasteiger charge is -2.18. The van der Waals surface area contributed by atoms with E-state index in [1.165, 1.54) is 17.0 Å². The summed E-state index contributed by atoms with van der Waals surface area (Å²) in [6, 6.07) is 7.72. The Morgan fingerprint density at radius 2 is 2.00 bits per heavy atom. The fraction of sp³-hybridized carbons (Fsp3) is 0.200. The zero-order chi connectivity index (χ0) is 14.5. The van der Waals surface area contributed by atoms with Crippen molar-refractivity contribution >= 4 is 11.7 Å². The van der Waals surface area contributed by atoms with E-state index in [0.717, 1.165) is 11.1 Å². The molecule has 1 aromatic heterocycles. The maximum Gasteiger partial charge on any atom is 0.321 e. The highest BCUT2D eigenvalue weighted by atomic mass is 19.1. The summed E-state index contributed by atoms with van der Waals surface area (Å²) in [5.74, 6) is -0.373. The fourth-order valence-corrected chi connectivity index (χ4v) is 1.77. The van der Waals surface area contributed by atoms with Crippen molar-refractivity contribution in [3.63, 3.8) is 0 Å². The highest BCUT2D eigenvalue weighted by molar-refractivity contribution is 5.89. The molecule has 0 spiro atoms. The number of halogens is 1. The smallest absolute Gasteiger partial charge is 0.321 e. The van der Waals surface area contributed by atoms with Gasteiger partial charge in [-0.1, -0.05) is 6.07 Å². The minimum Gasteiger partial charge on any atom is -0.323 e. The molecule has 20 heavy (non-hydrogen) atoms. The number of urea groups is 1. The first kappa shape index (κ1) is 14.0. The van der Waals surface area contributed by atoms with Crippen molar-refractivity contribution in [2.24, 2.45) is 0 Å². The second-order valence-electron chi connectivity index (χ2n) is 4.60. The van der Waals surface area contributed by atoms with Crippen LogP contribution in [-0.2, 0) is 6.54 Å². The summed E-state index contributed by atoms with van der Waals surface area (Å²) in [5, 5.41) is 2.70. The normalized spacial score (nSPS) is 10.2. The molecule has 4 nitrogen and oxygen atoms in total. The highest BCUT2D eigenvalue weighted by Crippen LogP contribution is 2.16. The van der Waals surface area contributed by atoms with Crippen LogP contribution < -0.4 is 5.32 Å². The lowest BCUT2D eigenvalue weighted by Crippen LogP contribution is -2.31. The minimum absolute atomic E-state index is 0.282. The van der Waals surface area contributed by atoms with E-state index in [1.807, 2.05) is 19.1 Å². The predicted octanol–water partition coefficient (Wildman–Crippen LogP) is 3.19. The van der Waals surface area contributed by atoms with E-state index in [1.54, 1.807) is 25.5 Å². The molecule has 1 N–H and O–H groups in total. The molecule has 1 heterocycles. The van der Waals surface area contributed by atoms with Gasteiger partial charge in [0.15, 0.2) is 0 Å². The molecular weight excluding hydrogens is 257 g/mol. The van der Waals surface area contributed by atoms with Crippen molar-refractivity contribution in [1.29, 1.82) is 0 Å². The molecule has 2 rings (SSSR count). The van der Waals surface area contributed by atoms with Crippen LogP contribution in [0.15, 0.2) is 42.7 Å². The van der Waals surface area contributed by atoms with Gasteiger partial charge in [0.2, 0.25) is 0 Å². The number of benzene rings is 1. The topological polar surface area (TPSA) is 45.2 Å². The van der Waals surface area contributed by atoms with Crippen molar-refractivity contribution in [3.8, 4) is 0 Å². The summed E-state index contributed by atoms with van der Waals surface area (Å²) in [4.78, 5) is 17.5. The largest absolute Gasteiger partial charge is 0.323 e. The zero-order valence-electron chi connectivity index (χ0n) is 11.4. The van der Waals surface area contributed by atoms with Crippen LogP contribution in [0.3, 0.4) is 0 Å². The zero-order valence-corrected chi connectivity index (χ0v) is 11.4. The number of rotatable bonds is 3. The number of nitrogens with one attached hydrogen (secondary N) is 1. The molecule has 1 aromatic carbocycles. The van der Waals surface area contributed by atoms with Gasteiger partial charge < -0.3 is 10.2 Å². The van der Waals surface area contributed by atoms with Crippen molar-refractivity contribution in [2.75, 3.05) is 12.4 Å². The quantitative estimate of drug-likeness (QED) is 0.933. The lowest BCUT2D eigenvalue weighted by molar-refractivity contribution is 0.220. The number of hydrogen-bond donors (Lipinski definition) is 1. The number of aromatic nitrogens is 1. The molecule has 0 aliphatic heterocycles. The Balaban J connectivity index is 2.02. The first-order valence-electron chi connectivity index (χ1n) is 6.23. The molecule has 0 fully saturated rings. The number of anilines is 1. The Labute approximate surface area is 117 Å². The maximum absolute atomic E-state index is 13.2. The third-order valence-corrected chi connectivity index (χ3v) is 2.96. The Bertz CT molecular complexity index is 601. The van der Waals surface area contributed by atoms with Gasteiger partial charge in [-0.05, 0) is 42.3 Å². The van der Waals surface area contributed by atoms with E-state index in [9.17, 15) is 9.18 Å². The SMILES string of the molecule is Cc1ccc(F)cc1NC(=O)N(C)Cc1ccncc1. The molecule has 0 aliphatic carbocycles. The first-order valence-corrected chi connectivity index (χ1v) is 6.23. The van der Waals surface area contributed by atoms with Crippen molar-refractivity contribution in [2.45, 2.75) is 13.5 Å². The van der Waals surface area contributed by atoms with Crippen LogP contribution in [0.4, 0.5) is 14.9 Å². The van der Waals surface area contributed by atoms with Gasteiger partial charge in [-0.2, -0.15) is 0 Å². The Kier molecular flexibility index (Phi) is 4.30. The van der Waals surface area contributed by atoms with Gasteiger partial charge in [-0.3, -0.25) is 4.98 Å². The molecule has 0 radical (unpaired) electrons. The number of hydrogen-bond acceptors (Lipinski definition) is 2. The van der Waals surface area contributed by atoms with E-state index in [4.69, 9.17) is 0 Å². The van der Waals surface area contributed by atoms with Crippen LogP contribution in [0.25, 0.3) is 0 Å². The Morgan fingerprint density at radius 3 is 2.70 bits per heavy atom. The highest BCUT2D eigenvalue weighted by Gasteiger charge is 2.11.